The second-order valence-electron chi connectivity index (χ2n) is 6.37. The van der Waals surface area contributed by atoms with Gasteiger partial charge in [-0.25, -0.2) is 12.8 Å². The molecule has 2 saturated heterocycles. The highest BCUT2D eigenvalue weighted by atomic mass is 35.5. The summed E-state index contributed by atoms with van der Waals surface area (Å²) in [5.41, 5.74) is 6.30. The molecular weight excluding hydrogens is 385 g/mol. The third kappa shape index (κ3) is 4.46. The van der Waals surface area contributed by atoms with E-state index >= 15 is 0 Å². The maximum atomic E-state index is 14.1. The van der Waals surface area contributed by atoms with Crippen LogP contribution in [0.25, 0.3) is 0 Å². The van der Waals surface area contributed by atoms with E-state index in [-0.39, 0.29) is 42.2 Å². The predicted octanol–water partition coefficient (Wildman–Crippen LogP) is 1.48. The molecule has 7 nitrogen and oxygen atoms in total. The van der Waals surface area contributed by atoms with Crippen LogP contribution in [-0.2, 0) is 19.6 Å². The summed E-state index contributed by atoms with van der Waals surface area (Å²) in [6, 6.07) is 3.20. The maximum absolute atomic E-state index is 14.1. The van der Waals surface area contributed by atoms with Crippen molar-refractivity contribution in [1.82, 2.24) is 0 Å². The number of benzene rings is 1. The van der Waals surface area contributed by atoms with Gasteiger partial charge in [-0.2, -0.15) is 0 Å². The number of hydrogen-bond acceptors (Lipinski definition) is 5. The van der Waals surface area contributed by atoms with Gasteiger partial charge in [0.25, 0.3) is 0 Å². The summed E-state index contributed by atoms with van der Waals surface area (Å²) in [5, 5.41) is 2.66. The van der Waals surface area contributed by atoms with Gasteiger partial charge in [0.15, 0.2) is 0 Å². The quantitative estimate of drug-likeness (QED) is 0.787. The third-order valence-corrected chi connectivity index (χ3v) is 6.51. The summed E-state index contributed by atoms with van der Waals surface area (Å²) in [6.45, 7) is 1.40. The van der Waals surface area contributed by atoms with Crippen LogP contribution in [0.1, 0.15) is 19.3 Å². The standard InChI is InChI=1S/C16H22FN3O4S.ClH/c17-13-3-2-12(10-14(13)20-6-1-9-25(20,22)23)19-16(21)15(18)11-4-7-24-8-5-11;/h2-3,10-11,15H,1,4-9,18H2,(H,19,21);1H. The Labute approximate surface area is 158 Å². The molecule has 0 saturated carbocycles. The number of ether oxygens (including phenoxy) is 1. The van der Waals surface area contributed by atoms with Crippen molar-refractivity contribution in [1.29, 1.82) is 0 Å². The first kappa shape index (κ1) is 20.9. The maximum Gasteiger partial charge on any atom is 0.241 e. The van der Waals surface area contributed by atoms with Gasteiger partial charge >= 0.3 is 0 Å². The third-order valence-electron chi connectivity index (χ3n) is 4.66. The van der Waals surface area contributed by atoms with E-state index in [1.165, 1.54) is 12.1 Å². The molecule has 3 N–H and O–H groups in total. The number of sulfonamides is 1. The fourth-order valence-electron chi connectivity index (χ4n) is 3.21. The van der Waals surface area contributed by atoms with Gasteiger partial charge in [0.2, 0.25) is 15.9 Å². The van der Waals surface area contributed by atoms with E-state index in [1.54, 1.807) is 0 Å². The molecule has 1 atom stereocenters. The Bertz CT molecular complexity index is 756. The van der Waals surface area contributed by atoms with Gasteiger partial charge in [0, 0.05) is 25.4 Å². The lowest BCUT2D eigenvalue weighted by atomic mass is 9.92. The number of rotatable bonds is 4. The number of hydrogen-bond donors (Lipinski definition) is 2. The van der Waals surface area contributed by atoms with Crippen LogP contribution in [0.4, 0.5) is 15.8 Å². The van der Waals surface area contributed by atoms with Crippen LogP contribution in [0, 0.1) is 11.7 Å². The Hall–Kier alpha value is -1.42. The van der Waals surface area contributed by atoms with Crippen molar-refractivity contribution in [3.05, 3.63) is 24.0 Å². The Kier molecular flexibility index (Phi) is 6.84. The Morgan fingerprint density at radius 3 is 2.65 bits per heavy atom. The van der Waals surface area contributed by atoms with Crippen molar-refractivity contribution in [2.45, 2.75) is 25.3 Å². The average Bonchev–Trinajstić information content (AvgIpc) is 2.95. The number of amides is 1. The number of carbonyl (C=O) groups is 1. The van der Waals surface area contributed by atoms with Crippen molar-refractivity contribution < 1.29 is 22.3 Å². The summed E-state index contributed by atoms with van der Waals surface area (Å²) >= 11 is 0. The summed E-state index contributed by atoms with van der Waals surface area (Å²) < 4.78 is 44.4. The molecule has 1 amide bonds. The topological polar surface area (TPSA) is 102 Å². The number of nitrogens with one attached hydrogen (secondary N) is 1. The van der Waals surface area contributed by atoms with Gasteiger partial charge in [-0.05, 0) is 43.4 Å². The lowest BCUT2D eigenvalue weighted by molar-refractivity contribution is -0.119. The zero-order valence-electron chi connectivity index (χ0n) is 14.2. The molecule has 1 aromatic carbocycles. The Morgan fingerprint density at radius 1 is 1.35 bits per heavy atom. The molecule has 0 bridgehead atoms. The molecule has 0 aromatic heterocycles. The fraction of sp³-hybridized carbons (Fsp3) is 0.562. The minimum Gasteiger partial charge on any atom is -0.381 e. The van der Waals surface area contributed by atoms with Crippen LogP contribution in [0.5, 0.6) is 0 Å². The average molecular weight is 408 g/mol. The van der Waals surface area contributed by atoms with Gasteiger partial charge in [0.05, 0.1) is 17.5 Å². The number of anilines is 2. The second-order valence-corrected chi connectivity index (χ2v) is 8.39. The zero-order chi connectivity index (χ0) is 18.0. The highest BCUT2D eigenvalue weighted by Crippen LogP contribution is 2.29. The highest BCUT2D eigenvalue weighted by molar-refractivity contribution is 7.93. The molecule has 2 aliphatic heterocycles. The number of halogens is 2. The first-order valence-corrected chi connectivity index (χ1v) is 9.93. The van der Waals surface area contributed by atoms with Crippen LogP contribution in [0.2, 0.25) is 0 Å². The number of carbonyl (C=O) groups excluding carboxylic acids is 1. The molecule has 2 aliphatic rings. The van der Waals surface area contributed by atoms with Crippen molar-refractivity contribution in [2.75, 3.05) is 35.1 Å². The SMILES string of the molecule is Cl.NC(C(=O)Nc1ccc(F)c(N2CCCS2(=O)=O)c1)C1CCOCC1. The normalized spacial score (nSPS) is 21.1. The van der Waals surface area contributed by atoms with E-state index in [0.717, 1.165) is 23.2 Å². The van der Waals surface area contributed by atoms with Crippen molar-refractivity contribution >= 4 is 39.7 Å². The molecule has 2 heterocycles. The first-order chi connectivity index (χ1) is 11.9. The van der Waals surface area contributed by atoms with Crippen LogP contribution in [0.15, 0.2) is 18.2 Å². The van der Waals surface area contributed by atoms with Crippen molar-refractivity contribution in [2.24, 2.45) is 11.7 Å². The van der Waals surface area contributed by atoms with E-state index in [0.29, 0.717) is 25.3 Å². The van der Waals surface area contributed by atoms with Crippen LogP contribution in [-0.4, -0.2) is 45.9 Å². The second kappa shape index (κ2) is 8.51. The van der Waals surface area contributed by atoms with Gasteiger partial charge < -0.3 is 15.8 Å². The molecule has 1 aromatic rings. The molecule has 0 radical (unpaired) electrons. The minimum atomic E-state index is -3.50. The van der Waals surface area contributed by atoms with E-state index in [4.69, 9.17) is 10.5 Å². The molecule has 1 unspecified atom stereocenters. The lowest BCUT2D eigenvalue weighted by Gasteiger charge is -2.27. The first-order valence-electron chi connectivity index (χ1n) is 8.32. The summed E-state index contributed by atoms with van der Waals surface area (Å²) in [5.74, 6) is -0.976. The summed E-state index contributed by atoms with van der Waals surface area (Å²) in [7, 11) is -3.50. The largest absolute Gasteiger partial charge is 0.381 e. The minimum absolute atomic E-state index is 0. The molecule has 2 fully saturated rings. The Morgan fingerprint density at radius 2 is 2.04 bits per heavy atom. The van der Waals surface area contributed by atoms with E-state index in [9.17, 15) is 17.6 Å². The highest BCUT2D eigenvalue weighted by Gasteiger charge is 2.31. The van der Waals surface area contributed by atoms with Crippen molar-refractivity contribution in [3.8, 4) is 0 Å². The monoisotopic (exact) mass is 407 g/mol. The molecular formula is C16H23ClFN3O4S. The van der Waals surface area contributed by atoms with Crippen molar-refractivity contribution in [3.63, 3.8) is 0 Å². The van der Waals surface area contributed by atoms with Gasteiger partial charge in [-0.15, -0.1) is 12.4 Å². The predicted molar refractivity (Wildman–Crippen MR) is 99.5 cm³/mol. The van der Waals surface area contributed by atoms with E-state index in [1.807, 2.05) is 0 Å². The lowest BCUT2D eigenvalue weighted by Crippen LogP contribution is -2.44. The molecule has 10 heteroatoms. The van der Waals surface area contributed by atoms with Gasteiger partial charge in [0.1, 0.15) is 5.82 Å². The van der Waals surface area contributed by atoms with E-state index < -0.39 is 21.9 Å². The van der Waals surface area contributed by atoms with Crippen LogP contribution < -0.4 is 15.4 Å². The molecule has 0 spiro atoms. The van der Waals surface area contributed by atoms with Crippen LogP contribution in [0.3, 0.4) is 0 Å². The molecule has 26 heavy (non-hydrogen) atoms. The van der Waals surface area contributed by atoms with Gasteiger partial charge in [-0.3, -0.25) is 9.10 Å². The van der Waals surface area contributed by atoms with Gasteiger partial charge in [-0.1, -0.05) is 0 Å². The summed E-state index contributed by atoms with van der Waals surface area (Å²) in [4.78, 5) is 12.4. The van der Waals surface area contributed by atoms with Crippen LogP contribution >= 0.6 is 12.4 Å². The number of nitrogens with two attached hydrogens (primary N) is 1. The molecule has 146 valence electrons. The molecule has 0 aliphatic carbocycles. The van der Waals surface area contributed by atoms with E-state index in [2.05, 4.69) is 5.32 Å². The fourth-order valence-corrected chi connectivity index (χ4v) is 4.77. The summed E-state index contributed by atoms with van der Waals surface area (Å²) in [6.07, 6.45) is 1.89. The number of nitrogens with zero attached hydrogens (tertiary/aromatic N) is 1. The zero-order valence-corrected chi connectivity index (χ0v) is 15.8. The molecule has 3 rings (SSSR count). The Balaban J connectivity index is 0.00000243. The smallest absolute Gasteiger partial charge is 0.241 e.